The number of ether oxygens (including phenoxy) is 1. The van der Waals surface area contributed by atoms with Crippen LogP contribution >= 0.6 is 0 Å². The highest BCUT2D eigenvalue weighted by Gasteiger charge is 2.07. The Kier molecular flexibility index (Phi) is 5.52. The molecule has 1 aromatic rings. The lowest BCUT2D eigenvalue weighted by atomic mass is 10.3. The van der Waals surface area contributed by atoms with Crippen LogP contribution < -0.4 is 4.57 Å². The summed E-state index contributed by atoms with van der Waals surface area (Å²) in [6.45, 7) is 4.00. The minimum absolute atomic E-state index is 0.304. The lowest BCUT2D eigenvalue weighted by Crippen LogP contribution is -2.27. The molecule has 1 rings (SSSR count). The Morgan fingerprint density at radius 2 is 2.08 bits per heavy atom. The van der Waals surface area contributed by atoms with Crippen LogP contribution in [-0.4, -0.2) is 13.1 Å². The van der Waals surface area contributed by atoms with Gasteiger partial charge in [-0.15, -0.1) is 0 Å². The molecule has 72 valence electrons. The van der Waals surface area contributed by atoms with Crippen molar-refractivity contribution >= 4 is 5.97 Å². The Hall–Kier alpha value is -1.38. The van der Waals surface area contributed by atoms with Gasteiger partial charge in [-0.1, -0.05) is 13.8 Å². The summed E-state index contributed by atoms with van der Waals surface area (Å²) < 4.78 is 6.34. The Balaban J connectivity index is 0.000000671. The number of esters is 1. The predicted molar refractivity (Wildman–Crippen MR) is 50.3 cm³/mol. The van der Waals surface area contributed by atoms with Crippen LogP contribution in [0.2, 0.25) is 0 Å². The third-order valence-electron chi connectivity index (χ3n) is 1.36. The molecule has 3 heteroatoms. The summed E-state index contributed by atoms with van der Waals surface area (Å²) in [6.07, 6.45) is 3.57. The molecule has 1 aromatic heterocycles. The first-order valence-corrected chi connectivity index (χ1v) is 4.27. The fraction of sp³-hybridized carbons (Fsp3) is 0.400. The van der Waals surface area contributed by atoms with Gasteiger partial charge in [-0.2, -0.15) is 0 Å². The molecule has 1 heterocycles. The Labute approximate surface area is 79.0 Å². The summed E-state index contributed by atoms with van der Waals surface area (Å²) in [5, 5.41) is 0. The quantitative estimate of drug-likeness (QED) is 0.484. The number of nitrogens with zero attached hydrogens (tertiary/aromatic N) is 1. The van der Waals surface area contributed by atoms with Crippen molar-refractivity contribution in [3.8, 4) is 0 Å². The van der Waals surface area contributed by atoms with Crippen LogP contribution in [0.15, 0.2) is 24.5 Å². The van der Waals surface area contributed by atoms with Crippen LogP contribution in [-0.2, 0) is 11.8 Å². The van der Waals surface area contributed by atoms with E-state index < -0.39 is 0 Å². The van der Waals surface area contributed by atoms with Crippen LogP contribution in [0.25, 0.3) is 0 Å². The number of carbonyl (C=O) groups is 1. The molecule has 0 aliphatic heterocycles. The maximum Gasteiger partial charge on any atom is 0.343 e. The zero-order chi connectivity index (χ0) is 10.3. The maximum atomic E-state index is 10.9. The zero-order valence-electron chi connectivity index (χ0n) is 8.57. The highest BCUT2D eigenvalue weighted by molar-refractivity contribution is 5.88. The molecule has 0 aliphatic carbocycles. The van der Waals surface area contributed by atoms with Crippen molar-refractivity contribution in [1.29, 1.82) is 0 Å². The number of carbonyl (C=O) groups excluding carboxylic acids is 1. The second-order valence-electron chi connectivity index (χ2n) is 2.25. The average molecular weight is 182 g/mol. The van der Waals surface area contributed by atoms with E-state index >= 15 is 0 Å². The van der Waals surface area contributed by atoms with E-state index in [2.05, 4.69) is 4.74 Å². The van der Waals surface area contributed by atoms with Gasteiger partial charge < -0.3 is 4.74 Å². The van der Waals surface area contributed by atoms with Crippen LogP contribution in [0.5, 0.6) is 0 Å². The molecular formula is C10H16NO2+. The molecule has 0 fully saturated rings. The number of hydrogen-bond acceptors (Lipinski definition) is 2. The summed E-state index contributed by atoms with van der Waals surface area (Å²) in [6, 6.07) is 3.51. The van der Waals surface area contributed by atoms with E-state index in [0.717, 1.165) is 0 Å². The molecule has 0 N–H and O–H groups in total. The topological polar surface area (TPSA) is 30.2 Å². The molecule has 0 saturated heterocycles. The third-order valence-corrected chi connectivity index (χ3v) is 1.36. The van der Waals surface area contributed by atoms with Gasteiger partial charge in [0.15, 0.2) is 12.4 Å². The lowest BCUT2D eigenvalue weighted by molar-refractivity contribution is -0.671. The van der Waals surface area contributed by atoms with Crippen LogP contribution in [0, 0.1) is 0 Å². The van der Waals surface area contributed by atoms with Gasteiger partial charge in [-0.3, -0.25) is 0 Å². The smallest absolute Gasteiger partial charge is 0.343 e. The van der Waals surface area contributed by atoms with Gasteiger partial charge in [-0.05, 0) is 6.07 Å². The number of methoxy groups -OCH3 is 1. The van der Waals surface area contributed by atoms with E-state index in [9.17, 15) is 4.79 Å². The van der Waals surface area contributed by atoms with E-state index in [-0.39, 0.29) is 5.97 Å². The van der Waals surface area contributed by atoms with Gasteiger partial charge >= 0.3 is 5.97 Å². The average Bonchev–Trinajstić information content (AvgIpc) is 2.20. The van der Waals surface area contributed by atoms with Crippen molar-refractivity contribution in [3.05, 3.63) is 30.1 Å². The number of pyridine rings is 1. The largest absolute Gasteiger partial charge is 0.465 e. The van der Waals surface area contributed by atoms with E-state index in [0.29, 0.717) is 5.56 Å². The van der Waals surface area contributed by atoms with Crippen molar-refractivity contribution in [2.45, 2.75) is 13.8 Å². The molecule has 0 bridgehead atoms. The predicted octanol–water partition coefficient (Wildman–Crippen LogP) is 1.32. The normalized spacial score (nSPS) is 8.31. The van der Waals surface area contributed by atoms with Gasteiger partial charge in [0.05, 0.1) is 7.11 Å². The molecule has 0 amide bonds. The molecule has 0 aliphatic rings. The molecule has 13 heavy (non-hydrogen) atoms. The van der Waals surface area contributed by atoms with Crippen molar-refractivity contribution < 1.29 is 14.1 Å². The van der Waals surface area contributed by atoms with Crippen molar-refractivity contribution in [2.24, 2.45) is 7.05 Å². The first kappa shape index (κ1) is 11.6. The van der Waals surface area contributed by atoms with Gasteiger partial charge in [0, 0.05) is 6.07 Å². The summed E-state index contributed by atoms with van der Waals surface area (Å²) >= 11 is 0. The van der Waals surface area contributed by atoms with Gasteiger partial charge in [0.2, 0.25) is 0 Å². The number of hydrogen-bond donors (Lipinski definition) is 0. The summed E-state index contributed by atoms with van der Waals surface area (Å²) in [5.41, 5.74) is 0.567. The molecule has 0 unspecified atom stereocenters. The first-order valence-electron chi connectivity index (χ1n) is 4.27. The molecule has 0 spiro atoms. The number of aromatic nitrogens is 1. The molecule has 0 saturated carbocycles. The van der Waals surface area contributed by atoms with E-state index in [1.807, 2.05) is 27.1 Å². The maximum absolute atomic E-state index is 10.9. The van der Waals surface area contributed by atoms with Crippen LogP contribution in [0.3, 0.4) is 0 Å². The second kappa shape index (κ2) is 6.17. The van der Waals surface area contributed by atoms with Crippen molar-refractivity contribution in [1.82, 2.24) is 0 Å². The Bertz CT molecular complexity index is 271. The van der Waals surface area contributed by atoms with Crippen molar-refractivity contribution in [3.63, 3.8) is 0 Å². The fourth-order valence-corrected chi connectivity index (χ4v) is 0.827. The van der Waals surface area contributed by atoms with Gasteiger partial charge in [0.25, 0.3) is 0 Å². The van der Waals surface area contributed by atoms with Gasteiger partial charge in [0.1, 0.15) is 12.6 Å². The minimum atomic E-state index is -0.304. The first-order chi connectivity index (χ1) is 6.24. The summed E-state index contributed by atoms with van der Waals surface area (Å²) in [4.78, 5) is 10.9. The monoisotopic (exact) mass is 182 g/mol. The Morgan fingerprint density at radius 3 is 2.54 bits per heavy atom. The molecule has 3 nitrogen and oxygen atoms in total. The number of aryl methyl sites for hydroxylation is 1. The third kappa shape index (κ3) is 3.69. The molecule has 0 atom stereocenters. The lowest BCUT2D eigenvalue weighted by Gasteiger charge is -1.94. The molecular weight excluding hydrogens is 166 g/mol. The zero-order valence-corrected chi connectivity index (χ0v) is 8.57. The van der Waals surface area contributed by atoms with Crippen LogP contribution in [0.1, 0.15) is 24.2 Å². The van der Waals surface area contributed by atoms with E-state index in [1.165, 1.54) is 7.11 Å². The van der Waals surface area contributed by atoms with Crippen LogP contribution in [0.4, 0.5) is 0 Å². The van der Waals surface area contributed by atoms with Crippen molar-refractivity contribution in [2.75, 3.05) is 7.11 Å². The SMILES string of the molecule is CC.COC(=O)c1ccc[n+](C)c1. The van der Waals surface area contributed by atoms with E-state index in [4.69, 9.17) is 0 Å². The summed E-state index contributed by atoms with van der Waals surface area (Å²) in [7, 11) is 3.22. The highest BCUT2D eigenvalue weighted by Crippen LogP contribution is 1.95. The molecule has 0 aromatic carbocycles. The standard InChI is InChI=1S/C8H10NO2.C2H6/c1-9-5-3-4-7(6-9)8(10)11-2;1-2/h3-6H,1-2H3;1-2H3/q+1;. The summed E-state index contributed by atoms with van der Waals surface area (Å²) in [5.74, 6) is -0.304. The number of rotatable bonds is 1. The van der Waals surface area contributed by atoms with E-state index in [1.54, 1.807) is 22.9 Å². The second-order valence-corrected chi connectivity index (χ2v) is 2.25. The minimum Gasteiger partial charge on any atom is -0.465 e. The Morgan fingerprint density at radius 1 is 1.46 bits per heavy atom. The fourth-order valence-electron chi connectivity index (χ4n) is 0.827. The van der Waals surface area contributed by atoms with Gasteiger partial charge in [-0.25, -0.2) is 9.36 Å². The molecule has 0 radical (unpaired) electrons. The highest BCUT2D eigenvalue weighted by atomic mass is 16.5.